The minimum atomic E-state index is -0.0239. The predicted molar refractivity (Wildman–Crippen MR) is 64.3 cm³/mol. The van der Waals surface area contributed by atoms with E-state index < -0.39 is 0 Å². The minimum absolute atomic E-state index is 0.0239. The van der Waals surface area contributed by atoms with E-state index in [9.17, 15) is 9.59 Å². The Morgan fingerprint density at radius 2 is 2.06 bits per heavy atom. The van der Waals surface area contributed by atoms with E-state index in [1.807, 2.05) is 11.9 Å². The van der Waals surface area contributed by atoms with Crippen molar-refractivity contribution in [1.82, 2.24) is 9.80 Å². The van der Waals surface area contributed by atoms with E-state index in [4.69, 9.17) is 0 Å². The second kappa shape index (κ2) is 4.73. The first-order chi connectivity index (χ1) is 7.59. The SMILES string of the molecule is CN1CC(N2CCCC(Br)C2=O)CCC1=O. The molecule has 2 saturated heterocycles. The summed E-state index contributed by atoms with van der Waals surface area (Å²) >= 11 is 3.42. The van der Waals surface area contributed by atoms with Crippen LogP contribution in [-0.4, -0.2) is 52.6 Å². The average molecular weight is 289 g/mol. The summed E-state index contributed by atoms with van der Waals surface area (Å²) in [6, 6.07) is 0.218. The molecule has 0 aromatic heterocycles. The zero-order chi connectivity index (χ0) is 11.7. The van der Waals surface area contributed by atoms with Gasteiger partial charge in [-0.2, -0.15) is 0 Å². The molecule has 0 aromatic rings. The van der Waals surface area contributed by atoms with Gasteiger partial charge < -0.3 is 9.80 Å². The van der Waals surface area contributed by atoms with E-state index in [0.717, 1.165) is 25.8 Å². The molecule has 2 fully saturated rings. The highest BCUT2D eigenvalue weighted by atomic mass is 79.9. The lowest BCUT2D eigenvalue weighted by atomic mass is 10.0. The molecular weight excluding hydrogens is 272 g/mol. The standard InChI is InChI=1S/C11H17BrN2O2/c1-13-7-8(4-5-10(13)15)14-6-2-3-9(12)11(14)16/h8-9H,2-7H2,1H3. The maximum Gasteiger partial charge on any atom is 0.236 e. The highest BCUT2D eigenvalue weighted by Gasteiger charge is 2.34. The molecule has 0 radical (unpaired) electrons. The van der Waals surface area contributed by atoms with E-state index in [1.54, 1.807) is 4.90 Å². The summed E-state index contributed by atoms with van der Waals surface area (Å²) < 4.78 is 0. The molecule has 2 unspecified atom stereocenters. The van der Waals surface area contributed by atoms with Gasteiger partial charge in [-0.15, -0.1) is 0 Å². The van der Waals surface area contributed by atoms with Crippen LogP contribution in [0.2, 0.25) is 0 Å². The van der Waals surface area contributed by atoms with Crippen LogP contribution >= 0.6 is 15.9 Å². The molecule has 5 heteroatoms. The van der Waals surface area contributed by atoms with Gasteiger partial charge in [0.2, 0.25) is 11.8 Å². The maximum absolute atomic E-state index is 12.0. The van der Waals surface area contributed by atoms with Gasteiger partial charge in [-0.25, -0.2) is 0 Å². The van der Waals surface area contributed by atoms with Gasteiger partial charge in [0, 0.05) is 32.6 Å². The van der Waals surface area contributed by atoms with Gasteiger partial charge in [0.1, 0.15) is 0 Å². The Morgan fingerprint density at radius 1 is 1.31 bits per heavy atom. The topological polar surface area (TPSA) is 40.6 Å². The molecule has 2 amide bonds. The Balaban J connectivity index is 2.01. The van der Waals surface area contributed by atoms with E-state index in [-0.39, 0.29) is 22.7 Å². The summed E-state index contributed by atoms with van der Waals surface area (Å²) in [6.45, 7) is 1.53. The molecule has 0 spiro atoms. The Hall–Kier alpha value is -0.580. The van der Waals surface area contributed by atoms with Gasteiger partial charge in [-0.3, -0.25) is 9.59 Å². The quantitative estimate of drug-likeness (QED) is 0.676. The molecule has 0 N–H and O–H groups in total. The van der Waals surface area contributed by atoms with E-state index in [0.29, 0.717) is 13.0 Å². The zero-order valence-corrected chi connectivity index (χ0v) is 11.1. The molecule has 2 atom stereocenters. The first-order valence-corrected chi connectivity index (χ1v) is 6.69. The highest BCUT2D eigenvalue weighted by molar-refractivity contribution is 9.10. The summed E-state index contributed by atoms with van der Waals surface area (Å²) in [5.41, 5.74) is 0. The van der Waals surface area contributed by atoms with Crippen molar-refractivity contribution in [2.45, 2.75) is 36.6 Å². The van der Waals surface area contributed by atoms with Crippen molar-refractivity contribution in [2.75, 3.05) is 20.1 Å². The van der Waals surface area contributed by atoms with Crippen LogP contribution in [0.4, 0.5) is 0 Å². The minimum Gasteiger partial charge on any atom is -0.344 e. The van der Waals surface area contributed by atoms with Crippen LogP contribution in [-0.2, 0) is 9.59 Å². The largest absolute Gasteiger partial charge is 0.344 e. The van der Waals surface area contributed by atoms with E-state index in [1.165, 1.54) is 0 Å². The van der Waals surface area contributed by atoms with Crippen molar-refractivity contribution in [2.24, 2.45) is 0 Å². The van der Waals surface area contributed by atoms with Crippen molar-refractivity contribution in [3.8, 4) is 0 Å². The highest BCUT2D eigenvalue weighted by Crippen LogP contribution is 2.24. The number of hydrogen-bond donors (Lipinski definition) is 0. The van der Waals surface area contributed by atoms with Crippen molar-refractivity contribution < 1.29 is 9.59 Å². The molecule has 0 saturated carbocycles. The number of halogens is 1. The Kier molecular flexibility index (Phi) is 3.52. The fourth-order valence-electron chi connectivity index (χ4n) is 2.46. The van der Waals surface area contributed by atoms with Gasteiger partial charge in [0.15, 0.2) is 0 Å². The molecule has 16 heavy (non-hydrogen) atoms. The third-order valence-electron chi connectivity index (χ3n) is 3.45. The molecule has 0 aromatic carbocycles. The lowest BCUT2D eigenvalue weighted by Gasteiger charge is -2.40. The first-order valence-electron chi connectivity index (χ1n) is 5.78. The zero-order valence-electron chi connectivity index (χ0n) is 9.49. The van der Waals surface area contributed by atoms with Gasteiger partial charge in [0.25, 0.3) is 0 Å². The molecule has 0 aliphatic carbocycles. The van der Waals surface area contributed by atoms with Crippen LogP contribution in [0.1, 0.15) is 25.7 Å². The number of alkyl halides is 1. The van der Waals surface area contributed by atoms with Gasteiger partial charge in [-0.05, 0) is 19.3 Å². The molecule has 4 nitrogen and oxygen atoms in total. The maximum atomic E-state index is 12.0. The Morgan fingerprint density at radius 3 is 2.75 bits per heavy atom. The monoisotopic (exact) mass is 288 g/mol. The van der Waals surface area contributed by atoms with E-state index in [2.05, 4.69) is 15.9 Å². The average Bonchev–Trinajstić information content (AvgIpc) is 2.26. The Bertz CT molecular complexity index is 308. The summed E-state index contributed by atoms with van der Waals surface area (Å²) in [4.78, 5) is 27.0. The van der Waals surface area contributed by atoms with Crippen LogP contribution in [0.15, 0.2) is 0 Å². The smallest absolute Gasteiger partial charge is 0.236 e. The molecular formula is C11H17BrN2O2. The van der Waals surface area contributed by atoms with Crippen molar-refractivity contribution >= 4 is 27.7 Å². The van der Waals surface area contributed by atoms with Gasteiger partial charge in [-0.1, -0.05) is 15.9 Å². The number of likely N-dealkylation sites (N-methyl/N-ethyl adjacent to an activating group) is 1. The van der Waals surface area contributed by atoms with E-state index >= 15 is 0 Å². The fraction of sp³-hybridized carbons (Fsp3) is 0.818. The third-order valence-corrected chi connectivity index (χ3v) is 4.30. The lowest BCUT2D eigenvalue weighted by Crippen LogP contribution is -2.54. The summed E-state index contributed by atoms with van der Waals surface area (Å²) in [5.74, 6) is 0.384. The van der Waals surface area contributed by atoms with Gasteiger partial charge in [0.05, 0.1) is 4.83 Å². The van der Waals surface area contributed by atoms with Crippen LogP contribution in [0.5, 0.6) is 0 Å². The number of carbonyl (C=O) groups is 2. The summed E-state index contributed by atoms with van der Waals surface area (Å²) in [6.07, 6.45) is 3.36. The Labute approximate surface area is 104 Å². The second-order valence-corrected chi connectivity index (χ2v) is 5.71. The number of rotatable bonds is 1. The number of piperidine rings is 2. The molecule has 2 heterocycles. The second-order valence-electron chi connectivity index (χ2n) is 4.61. The van der Waals surface area contributed by atoms with Crippen LogP contribution in [0.25, 0.3) is 0 Å². The van der Waals surface area contributed by atoms with Crippen molar-refractivity contribution in [3.05, 3.63) is 0 Å². The van der Waals surface area contributed by atoms with Crippen LogP contribution in [0.3, 0.4) is 0 Å². The van der Waals surface area contributed by atoms with Crippen LogP contribution < -0.4 is 0 Å². The number of hydrogen-bond acceptors (Lipinski definition) is 2. The predicted octanol–water partition coefficient (Wildman–Crippen LogP) is 0.993. The molecule has 2 rings (SSSR count). The molecule has 2 aliphatic heterocycles. The molecule has 2 aliphatic rings. The lowest BCUT2D eigenvalue weighted by molar-refractivity contribution is -0.141. The van der Waals surface area contributed by atoms with Crippen LogP contribution in [0, 0.1) is 0 Å². The third kappa shape index (κ3) is 2.24. The normalized spacial score (nSPS) is 32.1. The molecule has 90 valence electrons. The number of nitrogens with zero attached hydrogens (tertiary/aromatic N) is 2. The summed E-state index contributed by atoms with van der Waals surface area (Å²) in [5, 5.41) is 0. The van der Waals surface area contributed by atoms with Crippen molar-refractivity contribution in [1.29, 1.82) is 0 Å². The molecule has 0 bridgehead atoms. The number of likely N-dealkylation sites (tertiary alicyclic amines) is 2. The summed E-state index contributed by atoms with van der Waals surface area (Å²) in [7, 11) is 1.81. The van der Waals surface area contributed by atoms with Crippen molar-refractivity contribution in [3.63, 3.8) is 0 Å². The number of carbonyl (C=O) groups excluding carboxylic acids is 2. The fourth-order valence-corrected chi connectivity index (χ4v) is 3.05. The number of amides is 2. The van der Waals surface area contributed by atoms with Gasteiger partial charge >= 0.3 is 0 Å². The first kappa shape index (κ1) is 11.9.